The Morgan fingerprint density at radius 3 is 2.95 bits per heavy atom. The fourth-order valence-corrected chi connectivity index (χ4v) is 2.53. The first-order valence-electron chi connectivity index (χ1n) is 6.32. The minimum atomic E-state index is -0.372. The van der Waals surface area contributed by atoms with Crippen LogP contribution in [0.5, 0.6) is 0 Å². The van der Waals surface area contributed by atoms with Crippen molar-refractivity contribution in [1.82, 2.24) is 4.98 Å². The van der Waals surface area contributed by atoms with E-state index in [-0.39, 0.29) is 5.97 Å². The third kappa shape index (κ3) is 3.08. The topological polar surface area (TPSA) is 77.2 Å². The lowest BCUT2D eigenvalue weighted by Crippen LogP contribution is -2.11. The Morgan fingerprint density at radius 2 is 2.30 bits per heavy atom. The molecule has 2 aromatic rings. The first-order valence-corrected chi connectivity index (χ1v) is 7.20. The Morgan fingerprint density at radius 1 is 1.50 bits per heavy atom. The fraction of sp³-hybridized carbons (Fsp3) is 0.286. The quantitative estimate of drug-likeness (QED) is 0.654. The highest BCUT2D eigenvalue weighted by molar-refractivity contribution is 7.09. The van der Waals surface area contributed by atoms with Crippen molar-refractivity contribution in [3.63, 3.8) is 0 Å². The Labute approximate surface area is 121 Å². The average Bonchev–Trinajstić information content (AvgIpc) is 2.83. The van der Waals surface area contributed by atoms with E-state index in [0.717, 1.165) is 10.6 Å². The number of nitrogens with zero attached hydrogens (tertiary/aromatic N) is 1. The summed E-state index contributed by atoms with van der Waals surface area (Å²) >= 11 is 1.57. The minimum Gasteiger partial charge on any atom is -0.462 e. The number of nitrogens with one attached hydrogen (secondary N) is 1. The summed E-state index contributed by atoms with van der Waals surface area (Å²) < 4.78 is 5.04. The zero-order valence-electron chi connectivity index (χ0n) is 11.5. The Hall–Kier alpha value is -2.08. The number of rotatable bonds is 5. The van der Waals surface area contributed by atoms with E-state index in [4.69, 9.17) is 10.5 Å². The molecule has 6 heteroatoms. The number of benzene rings is 1. The molecule has 106 valence electrons. The maximum atomic E-state index is 11.9. The van der Waals surface area contributed by atoms with Crippen LogP contribution in [-0.2, 0) is 11.3 Å². The maximum Gasteiger partial charge on any atom is 0.340 e. The minimum absolute atomic E-state index is 0.334. The predicted molar refractivity (Wildman–Crippen MR) is 81.0 cm³/mol. The zero-order valence-corrected chi connectivity index (χ0v) is 12.3. The van der Waals surface area contributed by atoms with E-state index in [2.05, 4.69) is 10.3 Å². The molecular weight excluding hydrogens is 274 g/mol. The number of para-hydroxylation sites is 1. The first kappa shape index (κ1) is 14.3. The highest BCUT2D eigenvalue weighted by Crippen LogP contribution is 2.26. The number of carbonyl (C=O) groups excluding carboxylic acids is 1. The number of aromatic nitrogens is 1. The third-order valence-electron chi connectivity index (χ3n) is 2.86. The number of nitrogens with two attached hydrogens (primary N) is 1. The molecule has 0 atom stereocenters. The third-order valence-corrected chi connectivity index (χ3v) is 3.80. The van der Waals surface area contributed by atoms with Gasteiger partial charge >= 0.3 is 5.97 Å². The number of esters is 1. The summed E-state index contributed by atoms with van der Waals surface area (Å²) in [6, 6.07) is 5.20. The van der Waals surface area contributed by atoms with Gasteiger partial charge in [-0.3, -0.25) is 0 Å². The summed E-state index contributed by atoms with van der Waals surface area (Å²) in [5, 5.41) is 3.21. The number of nitrogen functional groups attached to an aromatic ring is 1. The van der Waals surface area contributed by atoms with Crippen LogP contribution >= 0.6 is 11.3 Å². The van der Waals surface area contributed by atoms with Gasteiger partial charge in [-0.2, -0.15) is 0 Å². The molecular formula is C14H17N3O2S. The van der Waals surface area contributed by atoms with Crippen molar-refractivity contribution in [3.05, 3.63) is 39.8 Å². The van der Waals surface area contributed by atoms with Gasteiger partial charge < -0.3 is 15.8 Å². The van der Waals surface area contributed by atoms with Gasteiger partial charge in [-0.05, 0) is 26.0 Å². The number of carbonyl (C=O) groups is 1. The molecule has 0 spiro atoms. The molecule has 0 radical (unpaired) electrons. The molecule has 0 fully saturated rings. The summed E-state index contributed by atoms with van der Waals surface area (Å²) in [7, 11) is 0. The van der Waals surface area contributed by atoms with Crippen molar-refractivity contribution in [3.8, 4) is 0 Å². The number of anilines is 2. The van der Waals surface area contributed by atoms with Gasteiger partial charge in [-0.25, -0.2) is 9.78 Å². The average molecular weight is 291 g/mol. The second kappa shape index (κ2) is 6.38. The van der Waals surface area contributed by atoms with Gasteiger partial charge in [0.1, 0.15) is 0 Å². The van der Waals surface area contributed by atoms with Crippen LogP contribution in [0.4, 0.5) is 11.4 Å². The second-order valence-corrected chi connectivity index (χ2v) is 5.14. The van der Waals surface area contributed by atoms with Crippen molar-refractivity contribution in [2.24, 2.45) is 0 Å². The second-order valence-electron chi connectivity index (χ2n) is 4.20. The van der Waals surface area contributed by atoms with Crippen LogP contribution in [-0.4, -0.2) is 17.6 Å². The number of hydrogen-bond acceptors (Lipinski definition) is 6. The Kier molecular flexibility index (Phi) is 4.57. The van der Waals surface area contributed by atoms with Crippen LogP contribution in [0.25, 0.3) is 0 Å². The van der Waals surface area contributed by atoms with Gasteiger partial charge in [-0.15, -0.1) is 11.3 Å². The first-order chi connectivity index (χ1) is 9.63. The Balaban J connectivity index is 2.22. The predicted octanol–water partition coefficient (Wildman–Crippen LogP) is 2.82. The molecule has 0 saturated carbocycles. The molecule has 0 saturated heterocycles. The standard InChI is InChI=1S/C14H17N3O2S/c1-3-19-14(18)10-5-4-6-11(15)13(10)16-7-12-9(2)17-8-20-12/h4-6,8,16H,3,7,15H2,1-2H3. The Bertz CT molecular complexity index is 610. The molecule has 1 heterocycles. The van der Waals surface area contributed by atoms with E-state index >= 15 is 0 Å². The smallest absolute Gasteiger partial charge is 0.340 e. The summed E-state index contributed by atoms with van der Waals surface area (Å²) in [5.74, 6) is -0.372. The van der Waals surface area contributed by atoms with Gasteiger partial charge in [0, 0.05) is 4.88 Å². The number of ether oxygens (including phenoxy) is 1. The van der Waals surface area contributed by atoms with Crippen molar-refractivity contribution >= 4 is 28.7 Å². The molecule has 1 aromatic carbocycles. The number of aryl methyl sites for hydroxylation is 1. The van der Waals surface area contributed by atoms with Crippen molar-refractivity contribution in [1.29, 1.82) is 0 Å². The largest absolute Gasteiger partial charge is 0.462 e. The molecule has 5 nitrogen and oxygen atoms in total. The van der Waals surface area contributed by atoms with Gasteiger partial charge in [0.25, 0.3) is 0 Å². The normalized spacial score (nSPS) is 10.3. The van der Waals surface area contributed by atoms with E-state index in [1.165, 1.54) is 0 Å². The molecule has 0 aliphatic rings. The summed E-state index contributed by atoms with van der Waals surface area (Å²) in [6.07, 6.45) is 0. The molecule has 0 unspecified atom stereocenters. The van der Waals surface area contributed by atoms with Gasteiger partial charge in [0.2, 0.25) is 0 Å². The lowest BCUT2D eigenvalue weighted by molar-refractivity contribution is 0.0527. The van der Waals surface area contributed by atoms with Crippen molar-refractivity contribution in [2.45, 2.75) is 20.4 Å². The summed E-state index contributed by atoms with van der Waals surface area (Å²) in [6.45, 7) is 4.64. The van der Waals surface area contributed by atoms with Crippen LogP contribution in [0.3, 0.4) is 0 Å². The lowest BCUT2D eigenvalue weighted by atomic mass is 10.1. The highest BCUT2D eigenvalue weighted by atomic mass is 32.1. The molecule has 3 N–H and O–H groups in total. The van der Waals surface area contributed by atoms with Gasteiger partial charge in [0.15, 0.2) is 0 Å². The summed E-state index contributed by atoms with van der Waals surface area (Å²) in [5.41, 5.74) is 10.3. The lowest BCUT2D eigenvalue weighted by Gasteiger charge is -2.13. The molecule has 0 amide bonds. The molecule has 20 heavy (non-hydrogen) atoms. The van der Waals surface area contributed by atoms with E-state index < -0.39 is 0 Å². The maximum absolute atomic E-state index is 11.9. The monoisotopic (exact) mass is 291 g/mol. The van der Waals surface area contributed by atoms with Crippen molar-refractivity contribution in [2.75, 3.05) is 17.7 Å². The van der Waals surface area contributed by atoms with Gasteiger partial charge in [0.05, 0.1) is 41.3 Å². The summed E-state index contributed by atoms with van der Waals surface area (Å²) in [4.78, 5) is 17.2. The van der Waals surface area contributed by atoms with E-state index in [1.807, 2.05) is 6.92 Å². The van der Waals surface area contributed by atoms with Crippen LogP contribution in [0.1, 0.15) is 27.9 Å². The van der Waals surface area contributed by atoms with E-state index in [1.54, 1.807) is 42.0 Å². The highest BCUT2D eigenvalue weighted by Gasteiger charge is 2.15. The van der Waals surface area contributed by atoms with E-state index in [0.29, 0.717) is 30.1 Å². The zero-order chi connectivity index (χ0) is 14.5. The molecule has 0 bridgehead atoms. The molecule has 1 aromatic heterocycles. The fourth-order valence-electron chi connectivity index (χ4n) is 1.81. The van der Waals surface area contributed by atoms with Crippen LogP contribution in [0, 0.1) is 6.92 Å². The van der Waals surface area contributed by atoms with E-state index in [9.17, 15) is 4.79 Å². The number of hydrogen-bond donors (Lipinski definition) is 2. The van der Waals surface area contributed by atoms with Gasteiger partial charge in [-0.1, -0.05) is 6.07 Å². The van der Waals surface area contributed by atoms with Crippen LogP contribution in [0.15, 0.2) is 23.7 Å². The molecule has 0 aliphatic carbocycles. The van der Waals surface area contributed by atoms with Crippen LogP contribution < -0.4 is 11.1 Å². The number of thiazole rings is 1. The van der Waals surface area contributed by atoms with Crippen molar-refractivity contribution < 1.29 is 9.53 Å². The molecule has 2 rings (SSSR count). The SMILES string of the molecule is CCOC(=O)c1cccc(N)c1NCc1scnc1C. The molecule has 0 aliphatic heterocycles. The van der Waals surface area contributed by atoms with Crippen LogP contribution in [0.2, 0.25) is 0 Å².